The van der Waals surface area contributed by atoms with Crippen molar-refractivity contribution in [1.29, 1.82) is 0 Å². The van der Waals surface area contributed by atoms with Crippen LogP contribution in [0, 0.1) is 0 Å². The summed E-state index contributed by atoms with van der Waals surface area (Å²) in [7, 11) is 0. The van der Waals surface area contributed by atoms with Gasteiger partial charge in [0.25, 0.3) is 0 Å². The van der Waals surface area contributed by atoms with Crippen molar-refractivity contribution in [2.75, 3.05) is 0 Å². The summed E-state index contributed by atoms with van der Waals surface area (Å²) >= 11 is 0. The van der Waals surface area contributed by atoms with Crippen LogP contribution >= 0.6 is 0 Å². The van der Waals surface area contributed by atoms with Crippen LogP contribution < -0.4 is 0 Å². The van der Waals surface area contributed by atoms with Gasteiger partial charge in [-0.3, -0.25) is 4.98 Å². The molecule has 1 aliphatic carbocycles. The quantitative estimate of drug-likeness (QED) is 0.205. The number of nitrogens with zero attached hydrogens (tertiary/aromatic N) is 2. The largest absolute Gasteiger partial charge is 0.455 e. The van der Waals surface area contributed by atoms with Crippen molar-refractivity contribution in [1.82, 2.24) is 9.97 Å². The Labute approximate surface area is 258 Å². The van der Waals surface area contributed by atoms with Gasteiger partial charge >= 0.3 is 0 Å². The van der Waals surface area contributed by atoms with E-state index in [0.717, 1.165) is 88.4 Å². The lowest BCUT2D eigenvalue weighted by molar-refractivity contribution is 0.658. The van der Waals surface area contributed by atoms with E-state index in [4.69, 9.17) is 18.8 Å². The Bertz CT molecular complexity index is 2690. The smallest absolute Gasteiger partial charge is 0.147 e. The predicted octanol–water partition coefficient (Wildman–Crippen LogP) is 11.1. The zero-order chi connectivity index (χ0) is 29.9. The average molecular weight is 579 g/mol. The monoisotopic (exact) mass is 578 g/mol. The maximum atomic E-state index is 6.53. The molecule has 0 N–H and O–H groups in total. The van der Waals surface area contributed by atoms with Gasteiger partial charge in [-0.1, -0.05) is 86.6 Å². The molecule has 5 aromatic carbocycles. The summed E-state index contributed by atoms with van der Waals surface area (Å²) in [5.41, 5.74) is 12.0. The summed E-state index contributed by atoms with van der Waals surface area (Å²) < 4.78 is 13.0. The molecule has 0 radical (unpaired) electrons. The van der Waals surface area contributed by atoms with Gasteiger partial charge in [-0.25, -0.2) is 4.98 Å². The van der Waals surface area contributed by atoms with Crippen molar-refractivity contribution in [3.8, 4) is 33.8 Å². The van der Waals surface area contributed by atoms with Crippen LogP contribution in [0.15, 0.2) is 130 Å². The third-order valence-electron chi connectivity index (χ3n) is 9.71. The highest BCUT2D eigenvalue weighted by atomic mass is 16.3. The molecule has 212 valence electrons. The summed E-state index contributed by atoms with van der Waals surface area (Å²) in [5, 5.41) is 6.60. The zero-order valence-corrected chi connectivity index (χ0v) is 24.8. The molecule has 0 bridgehead atoms. The van der Waals surface area contributed by atoms with Crippen LogP contribution in [0.25, 0.3) is 88.4 Å². The van der Waals surface area contributed by atoms with E-state index in [1.807, 2.05) is 36.5 Å². The standard InChI is InChI=1S/C41H26N2O2/c1-41(2)31-10-7-19-42-37(31)38-32(41)17-18-33(43-38)26-16-14-23-20-25(15-13-24(23)21-26)29-22-30-27-8-3-5-11-34(27)44-40(30)36-28-9-4-6-12-35(28)45-39(29)36/h3-22H,1-2H3. The van der Waals surface area contributed by atoms with Gasteiger partial charge in [-0.2, -0.15) is 0 Å². The first-order valence-corrected chi connectivity index (χ1v) is 15.3. The minimum atomic E-state index is -0.110. The van der Waals surface area contributed by atoms with Gasteiger partial charge in [-0.15, -0.1) is 0 Å². The van der Waals surface area contributed by atoms with Crippen LogP contribution in [0.5, 0.6) is 0 Å². The molecule has 4 heteroatoms. The second-order valence-corrected chi connectivity index (χ2v) is 12.6. The van der Waals surface area contributed by atoms with E-state index in [0.29, 0.717) is 0 Å². The van der Waals surface area contributed by atoms with Crippen molar-refractivity contribution < 1.29 is 8.83 Å². The second kappa shape index (κ2) is 8.67. The fraction of sp³-hybridized carbons (Fsp3) is 0.0732. The van der Waals surface area contributed by atoms with Gasteiger partial charge in [-0.05, 0) is 69.9 Å². The fourth-order valence-corrected chi connectivity index (χ4v) is 7.40. The molecule has 0 unspecified atom stereocenters. The molecule has 0 spiro atoms. The first-order valence-electron chi connectivity index (χ1n) is 15.3. The summed E-state index contributed by atoms with van der Waals surface area (Å²) in [6.07, 6.45) is 1.86. The number of hydrogen-bond acceptors (Lipinski definition) is 4. The molecule has 10 rings (SSSR count). The van der Waals surface area contributed by atoms with Gasteiger partial charge in [0.1, 0.15) is 22.3 Å². The molecule has 9 aromatic rings. The van der Waals surface area contributed by atoms with Gasteiger partial charge in [0.05, 0.1) is 22.5 Å². The van der Waals surface area contributed by atoms with Crippen LogP contribution in [0.4, 0.5) is 0 Å². The number of hydrogen-bond donors (Lipinski definition) is 0. The summed E-state index contributed by atoms with van der Waals surface area (Å²) in [4.78, 5) is 9.86. The molecule has 0 atom stereocenters. The maximum Gasteiger partial charge on any atom is 0.147 e. The topological polar surface area (TPSA) is 52.1 Å². The van der Waals surface area contributed by atoms with Crippen LogP contribution in [0.1, 0.15) is 25.0 Å². The summed E-state index contributed by atoms with van der Waals surface area (Å²) in [6, 6.07) is 40.5. The molecule has 45 heavy (non-hydrogen) atoms. The van der Waals surface area contributed by atoms with E-state index in [1.165, 1.54) is 11.1 Å². The van der Waals surface area contributed by atoms with Crippen LogP contribution in [-0.4, -0.2) is 9.97 Å². The minimum Gasteiger partial charge on any atom is -0.455 e. The van der Waals surface area contributed by atoms with Crippen molar-refractivity contribution in [2.24, 2.45) is 0 Å². The van der Waals surface area contributed by atoms with E-state index in [-0.39, 0.29) is 5.41 Å². The fourth-order valence-electron chi connectivity index (χ4n) is 7.40. The highest BCUT2D eigenvalue weighted by molar-refractivity contribution is 6.25. The SMILES string of the molecule is CC1(C)c2cccnc2-c2nc(-c3ccc4cc(-c5cc6c7ccccc7oc6c6c5oc5ccccc56)ccc4c3)ccc21. The first-order chi connectivity index (χ1) is 22.0. The van der Waals surface area contributed by atoms with E-state index in [1.54, 1.807) is 0 Å². The van der Waals surface area contributed by atoms with E-state index in [2.05, 4.69) is 98.8 Å². The predicted molar refractivity (Wildman–Crippen MR) is 183 cm³/mol. The van der Waals surface area contributed by atoms with E-state index in [9.17, 15) is 0 Å². The van der Waals surface area contributed by atoms with Crippen molar-refractivity contribution in [2.45, 2.75) is 19.3 Å². The molecule has 0 fully saturated rings. The third kappa shape index (κ3) is 3.37. The Balaban J connectivity index is 1.13. The highest BCUT2D eigenvalue weighted by Gasteiger charge is 2.37. The molecule has 4 aromatic heterocycles. The number of para-hydroxylation sites is 2. The number of fused-ring (bicyclic) bond motifs is 11. The van der Waals surface area contributed by atoms with Crippen LogP contribution in [-0.2, 0) is 5.41 Å². The lowest BCUT2D eigenvalue weighted by atomic mass is 9.83. The Hall–Kier alpha value is -5.74. The maximum absolute atomic E-state index is 6.53. The number of rotatable bonds is 2. The lowest BCUT2D eigenvalue weighted by Gasteiger charge is -2.20. The van der Waals surface area contributed by atoms with Gasteiger partial charge in [0.15, 0.2) is 0 Å². The van der Waals surface area contributed by atoms with E-state index >= 15 is 0 Å². The molecular formula is C41H26N2O2. The van der Waals surface area contributed by atoms with Crippen LogP contribution in [0.3, 0.4) is 0 Å². The zero-order valence-electron chi connectivity index (χ0n) is 24.8. The Morgan fingerprint density at radius 2 is 1.24 bits per heavy atom. The Kier molecular flexibility index (Phi) is 4.76. The lowest BCUT2D eigenvalue weighted by Crippen LogP contribution is -2.15. The third-order valence-corrected chi connectivity index (χ3v) is 9.71. The molecule has 0 saturated carbocycles. The number of furan rings is 2. The molecular weight excluding hydrogens is 552 g/mol. The van der Waals surface area contributed by atoms with Gasteiger partial charge in [0, 0.05) is 38.9 Å². The molecule has 4 nitrogen and oxygen atoms in total. The average Bonchev–Trinajstić information content (AvgIpc) is 3.72. The number of pyridine rings is 2. The Morgan fingerprint density at radius 1 is 0.556 bits per heavy atom. The Morgan fingerprint density at radius 3 is 2.09 bits per heavy atom. The summed E-state index contributed by atoms with van der Waals surface area (Å²) in [6.45, 7) is 4.50. The number of aromatic nitrogens is 2. The molecule has 4 heterocycles. The molecule has 0 saturated heterocycles. The molecule has 0 aliphatic heterocycles. The molecule has 0 amide bonds. The van der Waals surface area contributed by atoms with Gasteiger partial charge < -0.3 is 8.83 Å². The first kappa shape index (κ1) is 24.7. The number of benzene rings is 5. The van der Waals surface area contributed by atoms with Crippen molar-refractivity contribution in [3.05, 3.63) is 133 Å². The minimum absolute atomic E-state index is 0.110. The van der Waals surface area contributed by atoms with E-state index < -0.39 is 0 Å². The van der Waals surface area contributed by atoms with Gasteiger partial charge in [0.2, 0.25) is 0 Å². The highest BCUT2D eigenvalue weighted by Crippen LogP contribution is 2.48. The second-order valence-electron chi connectivity index (χ2n) is 12.6. The van der Waals surface area contributed by atoms with Crippen LogP contribution in [0.2, 0.25) is 0 Å². The summed E-state index contributed by atoms with van der Waals surface area (Å²) in [5.74, 6) is 0. The van der Waals surface area contributed by atoms with Crippen molar-refractivity contribution >= 4 is 54.6 Å². The molecule has 1 aliphatic rings. The normalized spacial score (nSPS) is 13.7. The van der Waals surface area contributed by atoms with Crippen molar-refractivity contribution in [3.63, 3.8) is 0 Å².